The molecule has 0 unspecified atom stereocenters. The van der Waals surface area contributed by atoms with Crippen LogP contribution >= 0.6 is 0 Å². The van der Waals surface area contributed by atoms with Crippen LogP contribution in [0.3, 0.4) is 0 Å². The van der Waals surface area contributed by atoms with E-state index in [9.17, 15) is 4.79 Å². The lowest BCUT2D eigenvalue weighted by Crippen LogP contribution is -2.15. The number of hydrogen-bond donors (Lipinski definition) is 1. The van der Waals surface area contributed by atoms with Gasteiger partial charge in [-0.3, -0.25) is 4.79 Å². The number of anilines is 1. The molecular formula is C16H18N2O3. The summed E-state index contributed by atoms with van der Waals surface area (Å²) in [4.78, 5) is 11.3. The summed E-state index contributed by atoms with van der Waals surface area (Å²) >= 11 is 0. The lowest BCUT2D eigenvalue weighted by atomic mass is 10.2. The largest absolute Gasteiger partial charge is 0.490 e. The molecule has 5 heteroatoms. The fraction of sp³-hybridized carbons (Fsp3) is 0.312. The average molecular weight is 286 g/mol. The standard InChI is InChI=1S/C16H18N2O3/c1-18-11-13(4-6-16(18)19)17-10-12-3-5-14-15(9-12)21-8-2-7-20-14/h3-6,9,11,17H,2,7-8,10H2,1H3. The summed E-state index contributed by atoms with van der Waals surface area (Å²) in [5.74, 6) is 1.60. The van der Waals surface area contributed by atoms with Crippen molar-refractivity contribution in [2.45, 2.75) is 13.0 Å². The molecule has 3 rings (SSSR count). The second-order valence-corrected chi connectivity index (χ2v) is 5.05. The Bertz CT molecular complexity index is 694. The highest BCUT2D eigenvalue weighted by Crippen LogP contribution is 2.30. The van der Waals surface area contributed by atoms with E-state index in [1.165, 1.54) is 0 Å². The van der Waals surface area contributed by atoms with Crippen molar-refractivity contribution in [1.29, 1.82) is 0 Å². The Morgan fingerprint density at radius 1 is 1.14 bits per heavy atom. The highest BCUT2D eigenvalue weighted by molar-refractivity contribution is 5.46. The molecular weight excluding hydrogens is 268 g/mol. The van der Waals surface area contributed by atoms with Crippen molar-refractivity contribution < 1.29 is 9.47 Å². The van der Waals surface area contributed by atoms with Gasteiger partial charge in [-0.1, -0.05) is 6.07 Å². The van der Waals surface area contributed by atoms with Crippen LogP contribution in [0.15, 0.2) is 41.3 Å². The maximum atomic E-state index is 11.3. The second-order valence-electron chi connectivity index (χ2n) is 5.05. The summed E-state index contributed by atoms with van der Waals surface area (Å²) in [5.41, 5.74) is 1.99. The zero-order valence-electron chi connectivity index (χ0n) is 12.0. The highest BCUT2D eigenvalue weighted by Gasteiger charge is 2.10. The van der Waals surface area contributed by atoms with E-state index in [-0.39, 0.29) is 5.56 Å². The van der Waals surface area contributed by atoms with Crippen LogP contribution in [0.5, 0.6) is 11.5 Å². The number of fused-ring (bicyclic) bond motifs is 1. The van der Waals surface area contributed by atoms with Crippen molar-refractivity contribution >= 4 is 5.69 Å². The maximum Gasteiger partial charge on any atom is 0.250 e. The Labute approximate surface area is 123 Å². The van der Waals surface area contributed by atoms with E-state index in [2.05, 4.69) is 5.32 Å². The number of hydrogen-bond acceptors (Lipinski definition) is 4. The molecule has 21 heavy (non-hydrogen) atoms. The Morgan fingerprint density at radius 2 is 1.95 bits per heavy atom. The van der Waals surface area contributed by atoms with Gasteiger partial charge in [0.2, 0.25) is 5.56 Å². The summed E-state index contributed by atoms with van der Waals surface area (Å²) in [5, 5.41) is 3.30. The zero-order valence-corrected chi connectivity index (χ0v) is 12.0. The molecule has 0 spiro atoms. The molecule has 0 saturated heterocycles. The topological polar surface area (TPSA) is 52.5 Å². The molecule has 2 aromatic rings. The molecule has 0 saturated carbocycles. The van der Waals surface area contributed by atoms with Crippen LogP contribution in [0.25, 0.3) is 0 Å². The number of aromatic nitrogens is 1. The van der Waals surface area contributed by atoms with E-state index in [1.807, 2.05) is 18.2 Å². The molecule has 0 radical (unpaired) electrons. The van der Waals surface area contributed by atoms with E-state index in [0.717, 1.165) is 29.2 Å². The molecule has 5 nitrogen and oxygen atoms in total. The summed E-state index contributed by atoms with van der Waals surface area (Å²) in [6, 6.07) is 9.29. The predicted octanol–water partition coefficient (Wildman–Crippen LogP) is 2.16. The quantitative estimate of drug-likeness (QED) is 0.939. The van der Waals surface area contributed by atoms with E-state index >= 15 is 0 Å². The van der Waals surface area contributed by atoms with Gasteiger partial charge in [-0.15, -0.1) is 0 Å². The maximum absolute atomic E-state index is 11.3. The molecule has 0 atom stereocenters. The monoisotopic (exact) mass is 286 g/mol. The van der Waals surface area contributed by atoms with E-state index < -0.39 is 0 Å². The van der Waals surface area contributed by atoms with Gasteiger partial charge >= 0.3 is 0 Å². The second kappa shape index (κ2) is 5.91. The number of benzene rings is 1. The van der Waals surface area contributed by atoms with Gasteiger partial charge in [0.05, 0.1) is 18.9 Å². The van der Waals surface area contributed by atoms with Gasteiger partial charge < -0.3 is 19.4 Å². The van der Waals surface area contributed by atoms with Gasteiger partial charge in [0.1, 0.15) is 0 Å². The van der Waals surface area contributed by atoms with Crippen molar-refractivity contribution in [2.75, 3.05) is 18.5 Å². The summed E-state index contributed by atoms with van der Waals surface area (Å²) in [6.45, 7) is 2.04. The predicted molar refractivity (Wildman–Crippen MR) is 81.1 cm³/mol. The minimum atomic E-state index is -0.0175. The lowest BCUT2D eigenvalue weighted by Gasteiger charge is -2.11. The third kappa shape index (κ3) is 3.18. The summed E-state index contributed by atoms with van der Waals surface area (Å²) < 4.78 is 12.8. The fourth-order valence-electron chi connectivity index (χ4n) is 2.22. The van der Waals surface area contributed by atoms with Crippen molar-refractivity contribution in [3.63, 3.8) is 0 Å². The molecule has 110 valence electrons. The van der Waals surface area contributed by atoms with Crippen molar-refractivity contribution in [3.8, 4) is 11.5 Å². The number of nitrogens with one attached hydrogen (secondary N) is 1. The number of ether oxygens (including phenoxy) is 2. The Morgan fingerprint density at radius 3 is 2.76 bits per heavy atom. The van der Waals surface area contributed by atoms with Crippen LogP contribution in [-0.2, 0) is 13.6 Å². The Balaban J connectivity index is 1.71. The number of nitrogens with zero attached hydrogens (tertiary/aromatic N) is 1. The first-order valence-electron chi connectivity index (χ1n) is 7.01. The molecule has 0 bridgehead atoms. The van der Waals surface area contributed by atoms with Crippen molar-refractivity contribution in [3.05, 3.63) is 52.4 Å². The van der Waals surface area contributed by atoms with Crippen molar-refractivity contribution in [2.24, 2.45) is 7.05 Å². The van der Waals surface area contributed by atoms with E-state index in [4.69, 9.17) is 9.47 Å². The lowest BCUT2D eigenvalue weighted by molar-refractivity contribution is 0.297. The van der Waals surface area contributed by atoms with Crippen LogP contribution < -0.4 is 20.3 Å². The Hall–Kier alpha value is -2.43. The van der Waals surface area contributed by atoms with E-state index in [0.29, 0.717) is 19.8 Å². The molecule has 1 aromatic heterocycles. The van der Waals surface area contributed by atoms with Gasteiger partial charge in [0, 0.05) is 32.3 Å². The zero-order chi connectivity index (χ0) is 14.7. The molecule has 2 heterocycles. The highest BCUT2D eigenvalue weighted by atomic mass is 16.5. The first-order chi connectivity index (χ1) is 10.2. The molecule has 1 aromatic carbocycles. The summed E-state index contributed by atoms with van der Waals surface area (Å²) in [6.07, 6.45) is 2.69. The third-order valence-corrected chi connectivity index (χ3v) is 3.39. The number of aryl methyl sites for hydroxylation is 1. The van der Waals surface area contributed by atoms with E-state index in [1.54, 1.807) is 29.9 Å². The Kier molecular flexibility index (Phi) is 3.81. The first kappa shape index (κ1) is 13.5. The van der Waals surface area contributed by atoms with Gasteiger partial charge in [-0.2, -0.15) is 0 Å². The molecule has 0 fully saturated rings. The van der Waals surface area contributed by atoms with Crippen LogP contribution in [0.2, 0.25) is 0 Å². The minimum Gasteiger partial charge on any atom is -0.490 e. The summed E-state index contributed by atoms with van der Waals surface area (Å²) in [7, 11) is 1.74. The number of pyridine rings is 1. The molecule has 0 aliphatic carbocycles. The smallest absolute Gasteiger partial charge is 0.250 e. The van der Waals surface area contributed by atoms with Crippen molar-refractivity contribution in [1.82, 2.24) is 4.57 Å². The van der Waals surface area contributed by atoms with Crippen LogP contribution in [0.1, 0.15) is 12.0 Å². The van der Waals surface area contributed by atoms with Crippen LogP contribution in [0, 0.1) is 0 Å². The minimum absolute atomic E-state index is 0.0175. The molecule has 0 amide bonds. The van der Waals surface area contributed by atoms with Gasteiger partial charge in [0.15, 0.2) is 11.5 Å². The third-order valence-electron chi connectivity index (χ3n) is 3.39. The average Bonchev–Trinajstić information content (AvgIpc) is 2.73. The van der Waals surface area contributed by atoms with Gasteiger partial charge in [0.25, 0.3) is 0 Å². The fourth-order valence-corrected chi connectivity index (χ4v) is 2.22. The molecule has 1 N–H and O–H groups in total. The van der Waals surface area contributed by atoms with Gasteiger partial charge in [-0.05, 0) is 23.8 Å². The SMILES string of the molecule is Cn1cc(NCc2ccc3c(c2)OCCCO3)ccc1=O. The number of rotatable bonds is 3. The molecule has 1 aliphatic rings. The first-order valence-corrected chi connectivity index (χ1v) is 7.01. The normalized spacial score (nSPS) is 13.6. The van der Waals surface area contributed by atoms with Crippen LogP contribution in [-0.4, -0.2) is 17.8 Å². The van der Waals surface area contributed by atoms with Crippen LogP contribution in [0.4, 0.5) is 5.69 Å². The molecule has 1 aliphatic heterocycles. The van der Waals surface area contributed by atoms with Gasteiger partial charge in [-0.25, -0.2) is 0 Å².